The highest BCUT2D eigenvalue weighted by Gasteiger charge is 2.24. The number of methoxy groups -OCH3 is 1. The van der Waals surface area contributed by atoms with Crippen LogP contribution in [0.15, 0.2) is 35.5 Å². The predicted octanol–water partition coefficient (Wildman–Crippen LogP) is 3.11. The van der Waals surface area contributed by atoms with Crippen molar-refractivity contribution in [1.29, 1.82) is 0 Å². The van der Waals surface area contributed by atoms with Crippen LogP contribution in [0, 0.1) is 11.8 Å². The van der Waals surface area contributed by atoms with Crippen LogP contribution in [0.1, 0.15) is 33.1 Å². The van der Waals surface area contributed by atoms with Crippen molar-refractivity contribution >= 4 is 11.9 Å². The number of rotatable bonds is 5. The molecule has 0 fully saturated rings. The summed E-state index contributed by atoms with van der Waals surface area (Å²) in [7, 11) is 1.34. The van der Waals surface area contributed by atoms with Crippen molar-refractivity contribution < 1.29 is 19.4 Å². The van der Waals surface area contributed by atoms with Crippen molar-refractivity contribution in [2.45, 2.75) is 33.1 Å². The normalized spacial score (nSPS) is 20.1. The standard InChI is InChI=1S/C16H22O4/c1-11(2)6-4-9-14(16(19)20-3)12-7-5-8-13(10-12)15(17)18/h4,6,9-12H,5,7-8H2,1-3H3,(H,17,18)/b6-4+,14-9+. The summed E-state index contributed by atoms with van der Waals surface area (Å²) in [6.07, 6.45) is 9.32. The van der Waals surface area contributed by atoms with Gasteiger partial charge in [0.1, 0.15) is 0 Å². The monoisotopic (exact) mass is 278 g/mol. The topological polar surface area (TPSA) is 63.6 Å². The molecule has 0 heterocycles. The minimum atomic E-state index is -0.906. The zero-order valence-electron chi connectivity index (χ0n) is 12.3. The van der Waals surface area contributed by atoms with Crippen LogP contribution >= 0.6 is 0 Å². The van der Waals surface area contributed by atoms with E-state index >= 15 is 0 Å². The molecule has 0 aromatic carbocycles. The Bertz CT molecular complexity index is 455. The SMILES string of the molecule is COC(=O)/C(=C/C=C/C(C)C)C1C=C(C(=O)O)CCC1. The number of carbonyl (C=O) groups excluding carboxylic acids is 1. The first-order chi connectivity index (χ1) is 9.45. The fourth-order valence-electron chi connectivity index (χ4n) is 2.19. The van der Waals surface area contributed by atoms with Gasteiger partial charge in [0.25, 0.3) is 0 Å². The van der Waals surface area contributed by atoms with E-state index in [2.05, 4.69) is 0 Å². The van der Waals surface area contributed by atoms with Crippen molar-refractivity contribution in [3.8, 4) is 0 Å². The summed E-state index contributed by atoms with van der Waals surface area (Å²) in [6.45, 7) is 4.09. The van der Waals surface area contributed by atoms with Crippen LogP contribution in [0.25, 0.3) is 0 Å². The zero-order chi connectivity index (χ0) is 15.1. The van der Waals surface area contributed by atoms with Gasteiger partial charge in [-0.15, -0.1) is 0 Å². The van der Waals surface area contributed by atoms with Crippen LogP contribution < -0.4 is 0 Å². The highest BCUT2D eigenvalue weighted by Crippen LogP contribution is 2.29. The van der Waals surface area contributed by atoms with E-state index in [0.717, 1.165) is 12.8 Å². The Balaban J connectivity index is 3.02. The molecule has 4 heteroatoms. The van der Waals surface area contributed by atoms with Crippen molar-refractivity contribution in [2.24, 2.45) is 11.8 Å². The van der Waals surface area contributed by atoms with Gasteiger partial charge >= 0.3 is 11.9 Å². The average molecular weight is 278 g/mol. The molecule has 1 aliphatic carbocycles. The van der Waals surface area contributed by atoms with E-state index in [1.807, 2.05) is 26.0 Å². The molecule has 4 nitrogen and oxygen atoms in total. The summed E-state index contributed by atoms with van der Waals surface area (Å²) >= 11 is 0. The lowest BCUT2D eigenvalue weighted by Crippen LogP contribution is -2.18. The van der Waals surface area contributed by atoms with Crippen molar-refractivity contribution in [2.75, 3.05) is 7.11 Å². The van der Waals surface area contributed by atoms with Crippen LogP contribution in [0.3, 0.4) is 0 Å². The summed E-state index contributed by atoms with van der Waals surface area (Å²) in [5.74, 6) is -1.09. The van der Waals surface area contributed by atoms with Crippen LogP contribution in [-0.4, -0.2) is 24.2 Å². The first-order valence-electron chi connectivity index (χ1n) is 6.86. The number of ether oxygens (including phenoxy) is 1. The number of carboxylic acids is 1. The second-order valence-electron chi connectivity index (χ2n) is 5.24. The van der Waals surface area contributed by atoms with Gasteiger partial charge in [-0.1, -0.05) is 38.2 Å². The molecule has 1 rings (SSSR count). The van der Waals surface area contributed by atoms with Gasteiger partial charge < -0.3 is 9.84 Å². The van der Waals surface area contributed by atoms with Crippen LogP contribution in [0.5, 0.6) is 0 Å². The second kappa shape index (κ2) is 7.68. The largest absolute Gasteiger partial charge is 0.478 e. The summed E-state index contributed by atoms with van der Waals surface area (Å²) in [6, 6.07) is 0. The quantitative estimate of drug-likeness (QED) is 0.477. The minimum absolute atomic E-state index is 0.181. The van der Waals surface area contributed by atoms with Crippen molar-refractivity contribution in [3.05, 3.63) is 35.5 Å². The fraction of sp³-hybridized carbons (Fsp3) is 0.500. The lowest BCUT2D eigenvalue weighted by Gasteiger charge is -2.20. The average Bonchev–Trinajstić information content (AvgIpc) is 2.42. The molecule has 0 bridgehead atoms. The van der Waals surface area contributed by atoms with Gasteiger partial charge in [-0.2, -0.15) is 0 Å². The van der Waals surface area contributed by atoms with E-state index in [4.69, 9.17) is 9.84 Å². The first-order valence-corrected chi connectivity index (χ1v) is 6.86. The number of hydrogen-bond acceptors (Lipinski definition) is 3. The lowest BCUT2D eigenvalue weighted by atomic mass is 9.85. The first kappa shape index (κ1) is 16.2. The fourth-order valence-corrected chi connectivity index (χ4v) is 2.19. The molecule has 0 saturated carbocycles. The van der Waals surface area contributed by atoms with Gasteiger partial charge in [-0.25, -0.2) is 9.59 Å². The van der Waals surface area contributed by atoms with E-state index in [0.29, 0.717) is 23.5 Å². The zero-order valence-corrected chi connectivity index (χ0v) is 12.3. The molecular formula is C16H22O4. The Hall–Kier alpha value is -1.84. The molecule has 1 aliphatic rings. The number of esters is 1. The Morgan fingerprint density at radius 2 is 2.15 bits per heavy atom. The summed E-state index contributed by atoms with van der Waals surface area (Å²) in [4.78, 5) is 22.9. The number of hydrogen-bond donors (Lipinski definition) is 1. The molecule has 1 unspecified atom stereocenters. The Morgan fingerprint density at radius 3 is 2.70 bits per heavy atom. The Kier molecular flexibility index (Phi) is 6.22. The van der Waals surface area contributed by atoms with Crippen LogP contribution in [-0.2, 0) is 14.3 Å². The number of carboxylic acid groups (broad SMARTS) is 1. The Labute approximate surface area is 119 Å². The van der Waals surface area contributed by atoms with Crippen LogP contribution in [0.4, 0.5) is 0 Å². The number of allylic oxidation sites excluding steroid dienone is 4. The summed E-state index contributed by atoms with van der Waals surface area (Å²) in [5.41, 5.74) is 0.895. The smallest absolute Gasteiger partial charge is 0.334 e. The molecule has 0 aromatic heterocycles. The third-order valence-electron chi connectivity index (χ3n) is 3.23. The molecule has 0 amide bonds. The van der Waals surface area contributed by atoms with Gasteiger partial charge in [-0.05, 0) is 25.2 Å². The summed E-state index contributed by atoms with van der Waals surface area (Å²) < 4.78 is 4.80. The highest BCUT2D eigenvalue weighted by molar-refractivity contribution is 5.91. The molecule has 1 N–H and O–H groups in total. The molecule has 0 aromatic rings. The molecule has 1 atom stereocenters. The van der Waals surface area contributed by atoms with Gasteiger partial charge in [0.15, 0.2) is 0 Å². The second-order valence-corrected chi connectivity index (χ2v) is 5.24. The van der Waals surface area contributed by atoms with E-state index in [1.54, 1.807) is 12.2 Å². The minimum Gasteiger partial charge on any atom is -0.478 e. The van der Waals surface area contributed by atoms with Gasteiger partial charge in [0.2, 0.25) is 0 Å². The predicted molar refractivity (Wildman–Crippen MR) is 77.1 cm³/mol. The Morgan fingerprint density at radius 1 is 1.45 bits per heavy atom. The molecule has 0 aliphatic heterocycles. The molecular weight excluding hydrogens is 256 g/mol. The van der Waals surface area contributed by atoms with Gasteiger partial charge in [-0.3, -0.25) is 0 Å². The third kappa shape index (κ3) is 4.68. The van der Waals surface area contributed by atoms with E-state index in [1.165, 1.54) is 7.11 Å². The van der Waals surface area contributed by atoms with Crippen molar-refractivity contribution in [1.82, 2.24) is 0 Å². The van der Waals surface area contributed by atoms with Crippen molar-refractivity contribution in [3.63, 3.8) is 0 Å². The molecule has 0 saturated heterocycles. The van der Waals surface area contributed by atoms with Gasteiger partial charge in [0, 0.05) is 17.1 Å². The molecule has 0 radical (unpaired) electrons. The van der Waals surface area contributed by atoms with Crippen LogP contribution in [0.2, 0.25) is 0 Å². The maximum Gasteiger partial charge on any atom is 0.334 e. The highest BCUT2D eigenvalue weighted by atomic mass is 16.5. The number of aliphatic carboxylic acids is 1. The number of carbonyl (C=O) groups is 2. The van der Waals surface area contributed by atoms with E-state index < -0.39 is 11.9 Å². The third-order valence-corrected chi connectivity index (χ3v) is 3.23. The molecule has 0 spiro atoms. The van der Waals surface area contributed by atoms with E-state index in [-0.39, 0.29) is 5.92 Å². The lowest BCUT2D eigenvalue weighted by molar-refractivity contribution is -0.137. The van der Waals surface area contributed by atoms with E-state index in [9.17, 15) is 9.59 Å². The maximum absolute atomic E-state index is 11.9. The maximum atomic E-state index is 11.9. The molecule has 20 heavy (non-hydrogen) atoms. The van der Waals surface area contributed by atoms with Gasteiger partial charge in [0.05, 0.1) is 7.11 Å². The summed E-state index contributed by atoms with van der Waals surface area (Å²) in [5, 5.41) is 9.06. The molecule has 110 valence electrons.